The normalized spacial score (nSPS) is 29.8. The largest absolute Gasteiger partial charge is 0.396 e. The van der Waals surface area contributed by atoms with E-state index in [4.69, 9.17) is 4.74 Å². The summed E-state index contributed by atoms with van der Waals surface area (Å²) in [5, 5.41) is 9.67. The van der Waals surface area contributed by atoms with Crippen LogP contribution in [0.1, 0.15) is 51.9 Å². The third-order valence-electron chi connectivity index (χ3n) is 6.47. The molecule has 5 heteroatoms. The number of hydrogen-bond acceptors (Lipinski definition) is 4. The van der Waals surface area contributed by atoms with Crippen molar-refractivity contribution >= 4 is 5.91 Å². The number of ether oxygens (including phenoxy) is 1. The molecule has 1 aliphatic carbocycles. The highest BCUT2D eigenvalue weighted by atomic mass is 16.5. The third kappa shape index (κ3) is 3.57. The van der Waals surface area contributed by atoms with E-state index < -0.39 is 0 Å². The first-order chi connectivity index (χ1) is 11.2. The molecule has 5 nitrogen and oxygen atoms in total. The van der Waals surface area contributed by atoms with Crippen LogP contribution in [0.5, 0.6) is 0 Å². The average molecular weight is 324 g/mol. The minimum Gasteiger partial charge on any atom is -0.396 e. The summed E-state index contributed by atoms with van der Waals surface area (Å²) >= 11 is 0. The minimum atomic E-state index is -0.0879. The smallest absolute Gasteiger partial charge is 0.242 e. The van der Waals surface area contributed by atoms with Gasteiger partial charge in [0.15, 0.2) is 0 Å². The molecule has 1 saturated carbocycles. The van der Waals surface area contributed by atoms with Crippen LogP contribution in [0.25, 0.3) is 0 Å². The van der Waals surface area contributed by atoms with Crippen LogP contribution in [-0.4, -0.2) is 72.4 Å². The summed E-state index contributed by atoms with van der Waals surface area (Å²) in [6.07, 6.45) is 7.88. The van der Waals surface area contributed by atoms with Crippen LogP contribution in [0.15, 0.2) is 0 Å². The lowest BCUT2D eigenvalue weighted by molar-refractivity contribution is -0.148. The molecule has 2 aliphatic heterocycles. The van der Waals surface area contributed by atoms with E-state index >= 15 is 0 Å². The van der Waals surface area contributed by atoms with Crippen molar-refractivity contribution in [3.05, 3.63) is 0 Å². The highest BCUT2D eigenvalue weighted by Gasteiger charge is 2.40. The van der Waals surface area contributed by atoms with Gasteiger partial charge < -0.3 is 14.7 Å². The van der Waals surface area contributed by atoms with E-state index in [1.807, 2.05) is 4.90 Å². The van der Waals surface area contributed by atoms with Crippen LogP contribution in [-0.2, 0) is 9.53 Å². The van der Waals surface area contributed by atoms with Gasteiger partial charge in [-0.25, -0.2) is 0 Å². The van der Waals surface area contributed by atoms with Crippen molar-refractivity contribution in [2.24, 2.45) is 5.41 Å². The van der Waals surface area contributed by atoms with E-state index in [0.29, 0.717) is 12.6 Å². The number of likely N-dealkylation sites (tertiary alicyclic amines) is 1. The van der Waals surface area contributed by atoms with Crippen molar-refractivity contribution in [2.75, 3.05) is 39.5 Å². The Labute approximate surface area is 140 Å². The highest BCUT2D eigenvalue weighted by Crippen LogP contribution is 2.35. The Kier molecular flexibility index (Phi) is 5.60. The van der Waals surface area contributed by atoms with Crippen LogP contribution >= 0.6 is 0 Å². The van der Waals surface area contributed by atoms with Gasteiger partial charge in [-0.15, -0.1) is 0 Å². The molecule has 2 heterocycles. The van der Waals surface area contributed by atoms with Gasteiger partial charge in [-0.2, -0.15) is 0 Å². The quantitative estimate of drug-likeness (QED) is 0.854. The van der Waals surface area contributed by atoms with E-state index in [1.165, 1.54) is 25.7 Å². The van der Waals surface area contributed by atoms with Crippen LogP contribution in [0.4, 0.5) is 0 Å². The number of nitrogens with zero attached hydrogens (tertiary/aromatic N) is 2. The van der Waals surface area contributed by atoms with E-state index in [-0.39, 0.29) is 24.0 Å². The molecule has 3 aliphatic rings. The second-order valence-corrected chi connectivity index (χ2v) is 7.60. The number of aliphatic hydroxyl groups excluding tert-OH is 1. The first-order valence-corrected chi connectivity index (χ1v) is 9.42. The topological polar surface area (TPSA) is 53.0 Å². The molecule has 0 bridgehead atoms. The van der Waals surface area contributed by atoms with Crippen molar-refractivity contribution in [2.45, 2.75) is 64.0 Å². The van der Waals surface area contributed by atoms with Gasteiger partial charge in [0.1, 0.15) is 6.04 Å². The third-order valence-corrected chi connectivity index (χ3v) is 6.47. The molecule has 1 N–H and O–H groups in total. The van der Waals surface area contributed by atoms with Gasteiger partial charge in [-0.05, 0) is 37.5 Å². The van der Waals surface area contributed by atoms with Crippen molar-refractivity contribution in [3.8, 4) is 0 Å². The fraction of sp³-hybridized carbons (Fsp3) is 0.944. The lowest BCUT2D eigenvalue weighted by Crippen LogP contribution is -2.59. The first kappa shape index (κ1) is 17.2. The Morgan fingerprint density at radius 1 is 1.22 bits per heavy atom. The highest BCUT2D eigenvalue weighted by molar-refractivity contribution is 5.82. The Bertz CT molecular complexity index is 395. The zero-order chi connectivity index (χ0) is 16.3. The van der Waals surface area contributed by atoms with Crippen LogP contribution in [0.3, 0.4) is 0 Å². The predicted octanol–water partition coefficient (Wildman–Crippen LogP) is 1.64. The molecule has 1 atom stereocenters. The van der Waals surface area contributed by atoms with E-state index in [9.17, 15) is 9.90 Å². The van der Waals surface area contributed by atoms with Gasteiger partial charge in [0.2, 0.25) is 5.91 Å². The minimum absolute atomic E-state index is 0.0327. The summed E-state index contributed by atoms with van der Waals surface area (Å²) in [5.41, 5.74) is 0.0327. The number of morpholine rings is 1. The summed E-state index contributed by atoms with van der Waals surface area (Å²) in [6.45, 7) is 6.14. The second-order valence-electron chi connectivity index (χ2n) is 7.60. The predicted molar refractivity (Wildman–Crippen MR) is 89.2 cm³/mol. The molecule has 0 aromatic heterocycles. The number of piperidine rings is 1. The van der Waals surface area contributed by atoms with Crippen LogP contribution in [0, 0.1) is 5.41 Å². The molecular formula is C18H32N2O3. The molecule has 0 radical (unpaired) electrons. The maximum absolute atomic E-state index is 13.0. The number of carbonyl (C=O) groups is 1. The van der Waals surface area contributed by atoms with Gasteiger partial charge in [0.25, 0.3) is 0 Å². The molecule has 2 saturated heterocycles. The molecule has 3 fully saturated rings. The summed E-state index contributed by atoms with van der Waals surface area (Å²) in [6, 6.07) is 0.486. The van der Waals surface area contributed by atoms with Gasteiger partial charge in [0.05, 0.1) is 13.2 Å². The van der Waals surface area contributed by atoms with Gasteiger partial charge in [-0.1, -0.05) is 19.8 Å². The molecule has 23 heavy (non-hydrogen) atoms. The summed E-state index contributed by atoms with van der Waals surface area (Å²) in [4.78, 5) is 17.5. The molecule has 0 spiro atoms. The molecule has 1 amide bonds. The van der Waals surface area contributed by atoms with Crippen molar-refractivity contribution in [1.82, 2.24) is 9.80 Å². The maximum Gasteiger partial charge on any atom is 0.242 e. The molecule has 3 rings (SSSR count). The van der Waals surface area contributed by atoms with Crippen molar-refractivity contribution in [3.63, 3.8) is 0 Å². The fourth-order valence-electron chi connectivity index (χ4n) is 4.54. The Balaban J connectivity index is 1.62. The number of amides is 1. The zero-order valence-electron chi connectivity index (χ0n) is 14.5. The molecule has 0 aromatic carbocycles. The van der Waals surface area contributed by atoms with Gasteiger partial charge >= 0.3 is 0 Å². The maximum atomic E-state index is 13.0. The van der Waals surface area contributed by atoms with E-state index in [2.05, 4.69) is 11.8 Å². The number of carbonyl (C=O) groups excluding carboxylic acids is 1. The lowest BCUT2D eigenvalue weighted by Gasteiger charge is -2.44. The molecule has 1 unspecified atom stereocenters. The van der Waals surface area contributed by atoms with Gasteiger partial charge in [0, 0.05) is 32.3 Å². The monoisotopic (exact) mass is 324 g/mol. The fourth-order valence-corrected chi connectivity index (χ4v) is 4.54. The van der Waals surface area contributed by atoms with Crippen LogP contribution < -0.4 is 0 Å². The average Bonchev–Trinajstić information content (AvgIpc) is 3.16. The van der Waals surface area contributed by atoms with Crippen molar-refractivity contribution < 1.29 is 14.6 Å². The van der Waals surface area contributed by atoms with E-state index in [0.717, 1.165) is 45.5 Å². The SMILES string of the molecule is CCC1(CO)CCN(C(=O)C2COCCN2C2CCCC2)CC1. The summed E-state index contributed by atoms with van der Waals surface area (Å²) in [5.74, 6) is 0.249. The van der Waals surface area contributed by atoms with Crippen molar-refractivity contribution in [1.29, 1.82) is 0 Å². The second kappa shape index (κ2) is 7.49. The first-order valence-electron chi connectivity index (χ1n) is 9.42. The number of aliphatic hydroxyl groups is 1. The molecule has 0 aromatic rings. The molecule has 132 valence electrons. The van der Waals surface area contributed by atoms with E-state index in [1.54, 1.807) is 0 Å². The Morgan fingerprint density at radius 2 is 1.91 bits per heavy atom. The zero-order valence-corrected chi connectivity index (χ0v) is 14.5. The number of hydrogen-bond donors (Lipinski definition) is 1. The summed E-state index contributed by atoms with van der Waals surface area (Å²) < 4.78 is 5.64. The van der Waals surface area contributed by atoms with Crippen LogP contribution in [0.2, 0.25) is 0 Å². The Hall–Kier alpha value is -0.650. The standard InChI is InChI=1S/C18H32N2O3/c1-2-18(14-21)7-9-19(10-8-18)17(22)16-13-23-12-11-20(16)15-5-3-4-6-15/h15-16,21H,2-14H2,1H3. The molecular weight excluding hydrogens is 292 g/mol. The van der Waals surface area contributed by atoms with Gasteiger partial charge in [-0.3, -0.25) is 9.69 Å². The summed E-state index contributed by atoms with van der Waals surface area (Å²) in [7, 11) is 0. The Morgan fingerprint density at radius 3 is 2.52 bits per heavy atom. The lowest BCUT2D eigenvalue weighted by atomic mass is 9.77. The number of rotatable bonds is 4.